The monoisotopic (exact) mass is 243 g/mol. The van der Waals surface area contributed by atoms with Crippen LogP contribution in [0.25, 0.3) is 0 Å². The second-order valence-corrected chi connectivity index (χ2v) is 5.48. The summed E-state index contributed by atoms with van der Waals surface area (Å²) in [5.74, 6) is 0.280. The van der Waals surface area contributed by atoms with E-state index in [2.05, 4.69) is 21.2 Å². The Morgan fingerprint density at radius 1 is 1.36 bits per heavy atom. The van der Waals surface area contributed by atoms with Crippen LogP contribution in [0, 0.1) is 0 Å². The molecule has 0 saturated heterocycles. The molecular weight excluding hydrogens is 230 g/mol. The van der Waals surface area contributed by atoms with E-state index < -0.39 is 9.84 Å². The molecule has 3 nitrogen and oxygen atoms in total. The van der Waals surface area contributed by atoms with Crippen molar-refractivity contribution in [3.63, 3.8) is 0 Å². The first-order valence-electron chi connectivity index (χ1n) is 3.50. The Labute approximate surface area is 76.6 Å². The molecule has 68 valence electrons. The van der Waals surface area contributed by atoms with E-state index in [0.717, 1.165) is 18.4 Å². The number of sulfone groups is 1. The summed E-state index contributed by atoms with van der Waals surface area (Å²) in [5, 5.41) is 4.00. The summed E-state index contributed by atoms with van der Waals surface area (Å²) in [6.07, 6.45) is 1.96. The predicted molar refractivity (Wildman–Crippen MR) is 51.0 cm³/mol. The molecule has 0 aliphatic rings. The molecule has 11 heavy (non-hydrogen) atoms. The summed E-state index contributed by atoms with van der Waals surface area (Å²) in [7, 11) is -2.76. The Hall–Kier alpha value is 0.390. The first-order chi connectivity index (χ1) is 5.06. The summed E-state index contributed by atoms with van der Waals surface area (Å²) in [6.45, 7) is 1.67. The van der Waals surface area contributed by atoms with Crippen LogP contribution in [0.5, 0.6) is 0 Å². The minimum atomic E-state index is -2.76. The van der Waals surface area contributed by atoms with Gasteiger partial charge in [0.2, 0.25) is 0 Å². The molecule has 1 N–H and O–H groups in total. The average Bonchev–Trinajstić information content (AvgIpc) is 1.85. The molecule has 0 fully saturated rings. The van der Waals surface area contributed by atoms with Crippen LogP contribution in [0.2, 0.25) is 0 Å². The molecule has 0 heterocycles. The topological polar surface area (TPSA) is 46.2 Å². The van der Waals surface area contributed by atoms with Gasteiger partial charge in [0.05, 0.1) is 5.75 Å². The van der Waals surface area contributed by atoms with Crippen molar-refractivity contribution in [2.75, 3.05) is 30.4 Å². The minimum absolute atomic E-state index is 0.280. The third kappa shape index (κ3) is 10.4. The van der Waals surface area contributed by atoms with Gasteiger partial charge in [0.15, 0.2) is 0 Å². The Morgan fingerprint density at radius 2 is 2.00 bits per heavy atom. The molecule has 0 aromatic carbocycles. The highest BCUT2D eigenvalue weighted by molar-refractivity contribution is 9.09. The first kappa shape index (κ1) is 11.4. The third-order valence-electron chi connectivity index (χ3n) is 1.14. The molecular formula is C6H14BrNO2S. The second-order valence-electron chi connectivity index (χ2n) is 2.42. The lowest BCUT2D eigenvalue weighted by atomic mass is 10.5. The van der Waals surface area contributed by atoms with Gasteiger partial charge in [0, 0.05) is 18.1 Å². The average molecular weight is 244 g/mol. The molecule has 0 aliphatic carbocycles. The zero-order valence-corrected chi connectivity index (χ0v) is 9.04. The molecule has 0 atom stereocenters. The smallest absolute Gasteiger partial charge is 0.147 e. The van der Waals surface area contributed by atoms with Gasteiger partial charge in [0.25, 0.3) is 0 Å². The van der Waals surface area contributed by atoms with E-state index in [1.165, 1.54) is 6.26 Å². The SMILES string of the molecule is CS(=O)(=O)CCCNCCBr. The van der Waals surface area contributed by atoms with Crippen molar-refractivity contribution >= 4 is 25.8 Å². The van der Waals surface area contributed by atoms with Gasteiger partial charge < -0.3 is 5.32 Å². The Bertz CT molecular complexity index is 179. The van der Waals surface area contributed by atoms with Crippen LogP contribution in [0.15, 0.2) is 0 Å². The highest BCUT2D eigenvalue weighted by Gasteiger charge is 1.99. The summed E-state index contributed by atoms with van der Waals surface area (Å²) in [5.41, 5.74) is 0. The van der Waals surface area contributed by atoms with E-state index >= 15 is 0 Å². The maximum Gasteiger partial charge on any atom is 0.147 e. The van der Waals surface area contributed by atoms with Crippen LogP contribution in [-0.2, 0) is 9.84 Å². The summed E-state index contributed by atoms with van der Waals surface area (Å²) < 4.78 is 21.3. The van der Waals surface area contributed by atoms with E-state index in [4.69, 9.17) is 0 Å². The summed E-state index contributed by atoms with van der Waals surface area (Å²) in [6, 6.07) is 0. The van der Waals surface area contributed by atoms with Crippen molar-refractivity contribution in [1.82, 2.24) is 5.32 Å². The number of hydrogen-bond donors (Lipinski definition) is 1. The Balaban J connectivity index is 3.16. The standard InChI is InChI=1S/C6H14BrNO2S/c1-11(9,10)6-2-4-8-5-3-7/h8H,2-6H2,1H3. The quantitative estimate of drug-likeness (QED) is 0.543. The van der Waals surface area contributed by atoms with E-state index in [1.54, 1.807) is 0 Å². The summed E-state index contributed by atoms with van der Waals surface area (Å²) in [4.78, 5) is 0. The molecule has 0 unspecified atom stereocenters. The van der Waals surface area contributed by atoms with Crippen LogP contribution in [-0.4, -0.2) is 38.8 Å². The van der Waals surface area contributed by atoms with Crippen molar-refractivity contribution in [3.05, 3.63) is 0 Å². The molecule has 0 radical (unpaired) electrons. The molecule has 0 amide bonds. The van der Waals surface area contributed by atoms with Crippen molar-refractivity contribution in [2.24, 2.45) is 0 Å². The molecule has 0 aliphatic heterocycles. The van der Waals surface area contributed by atoms with Crippen LogP contribution >= 0.6 is 15.9 Å². The van der Waals surface area contributed by atoms with Crippen LogP contribution in [0.1, 0.15) is 6.42 Å². The van der Waals surface area contributed by atoms with E-state index in [-0.39, 0.29) is 5.75 Å². The zero-order chi connectivity index (χ0) is 8.74. The van der Waals surface area contributed by atoms with E-state index in [0.29, 0.717) is 6.42 Å². The number of hydrogen-bond acceptors (Lipinski definition) is 3. The third-order valence-corrected chi connectivity index (χ3v) is 2.57. The second kappa shape index (κ2) is 5.97. The van der Waals surface area contributed by atoms with Gasteiger partial charge in [-0.3, -0.25) is 0 Å². The molecule has 0 rings (SSSR count). The highest BCUT2D eigenvalue weighted by Crippen LogP contribution is 1.86. The molecule has 0 spiro atoms. The van der Waals surface area contributed by atoms with Crippen LogP contribution in [0.4, 0.5) is 0 Å². The first-order valence-corrected chi connectivity index (χ1v) is 6.69. The highest BCUT2D eigenvalue weighted by atomic mass is 79.9. The maximum absolute atomic E-state index is 10.6. The normalized spacial score (nSPS) is 11.8. The molecule has 0 aromatic rings. The largest absolute Gasteiger partial charge is 0.316 e. The number of halogens is 1. The molecule has 0 aromatic heterocycles. The van der Waals surface area contributed by atoms with Gasteiger partial charge in [-0.15, -0.1) is 0 Å². The Kier molecular flexibility index (Phi) is 6.18. The van der Waals surface area contributed by atoms with Gasteiger partial charge in [-0.25, -0.2) is 8.42 Å². The molecule has 5 heteroatoms. The maximum atomic E-state index is 10.6. The fourth-order valence-corrected chi connectivity index (χ4v) is 1.60. The number of alkyl halides is 1. The van der Waals surface area contributed by atoms with E-state index in [1.807, 2.05) is 0 Å². The number of nitrogens with one attached hydrogen (secondary N) is 1. The van der Waals surface area contributed by atoms with E-state index in [9.17, 15) is 8.42 Å². The van der Waals surface area contributed by atoms with Crippen molar-refractivity contribution in [2.45, 2.75) is 6.42 Å². The zero-order valence-electron chi connectivity index (χ0n) is 6.64. The van der Waals surface area contributed by atoms with Crippen LogP contribution < -0.4 is 5.32 Å². The molecule has 0 saturated carbocycles. The molecule has 0 bridgehead atoms. The van der Waals surface area contributed by atoms with Gasteiger partial charge in [-0.1, -0.05) is 15.9 Å². The lowest BCUT2D eigenvalue weighted by Gasteiger charge is -2.00. The number of rotatable bonds is 6. The lowest BCUT2D eigenvalue weighted by Crippen LogP contribution is -2.19. The van der Waals surface area contributed by atoms with Crippen molar-refractivity contribution in [1.29, 1.82) is 0 Å². The fraction of sp³-hybridized carbons (Fsp3) is 1.00. The van der Waals surface area contributed by atoms with Gasteiger partial charge in [-0.05, 0) is 13.0 Å². The summed E-state index contributed by atoms with van der Waals surface area (Å²) >= 11 is 3.26. The predicted octanol–water partition coefficient (Wildman–Crippen LogP) is 0.406. The lowest BCUT2D eigenvalue weighted by molar-refractivity contribution is 0.596. The van der Waals surface area contributed by atoms with Crippen molar-refractivity contribution in [3.8, 4) is 0 Å². The van der Waals surface area contributed by atoms with Crippen LogP contribution in [0.3, 0.4) is 0 Å². The van der Waals surface area contributed by atoms with Gasteiger partial charge >= 0.3 is 0 Å². The Morgan fingerprint density at radius 3 is 2.45 bits per heavy atom. The minimum Gasteiger partial charge on any atom is -0.316 e. The van der Waals surface area contributed by atoms with Crippen molar-refractivity contribution < 1.29 is 8.42 Å². The van der Waals surface area contributed by atoms with Gasteiger partial charge in [0.1, 0.15) is 9.84 Å². The fourth-order valence-electron chi connectivity index (χ4n) is 0.651. The van der Waals surface area contributed by atoms with Gasteiger partial charge in [-0.2, -0.15) is 0 Å².